The van der Waals surface area contributed by atoms with Gasteiger partial charge in [0.15, 0.2) is 0 Å². The summed E-state index contributed by atoms with van der Waals surface area (Å²) in [5, 5.41) is 6.34. The molecule has 1 atom stereocenters. The van der Waals surface area contributed by atoms with Crippen molar-refractivity contribution in [3.8, 4) is 11.5 Å². The van der Waals surface area contributed by atoms with Crippen LogP contribution in [0.25, 0.3) is 0 Å². The molecule has 0 aliphatic carbocycles. The van der Waals surface area contributed by atoms with Gasteiger partial charge in [-0.2, -0.15) is 0 Å². The summed E-state index contributed by atoms with van der Waals surface area (Å²) >= 11 is 0. The molecule has 3 rings (SSSR count). The zero-order chi connectivity index (χ0) is 15.2. The molecular weight excluding hydrogens is 276 g/mol. The van der Waals surface area contributed by atoms with Crippen LogP contribution in [-0.2, 0) is 0 Å². The molecule has 1 heterocycles. The monoisotopic (exact) mass is 296 g/mol. The maximum absolute atomic E-state index is 12.2. The molecule has 0 bridgehead atoms. The predicted molar refractivity (Wildman–Crippen MR) is 86.3 cm³/mol. The van der Waals surface area contributed by atoms with Gasteiger partial charge in [-0.1, -0.05) is 24.3 Å². The standard InChI is InChI=1S/C18H20N2O2/c21-18(20-13-15-7-5-11-19-15)14-6-4-10-17(12-14)22-16-8-2-1-3-9-16/h1-4,6,8-10,12,15,19H,5,7,11,13H2,(H,20,21). The second-order valence-corrected chi connectivity index (χ2v) is 5.45. The lowest BCUT2D eigenvalue weighted by Gasteiger charge is -2.12. The van der Waals surface area contributed by atoms with Crippen molar-refractivity contribution in [3.63, 3.8) is 0 Å². The highest BCUT2D eigenvalue weighted by Gasteiger charge is 2.15. The molecule has 114 valence electrons. The molecule has 0 spiro atoms. The Balaban J connectivity index is 1.61. The smallest absolute Gasteiger partial charge is 0.251 e. The van der Waals surface area contributed by atoms with Gasteiger partial charge in [-0.15, -0.1) is 0 Å². The molecule has 4 nitrogen and oxygen atoms in total. The number of ether oxygens (including phenoxy) is 1. The van der Waals surface area contributed by atoms with E-state index in [4.69, 9.17) is 4.74 Å². The molecule has 4 heteroatoms. The first kappa shape index (κ1) is 14.6. The van der Waals surface area contributed by atoms with Crippen LogP contribution in [0.5, 0.6) is 11.5 Å². The topological polar surface area (TPSA) is 50.4 Å². The van der Waals surface area contributed by atoms with Crippen molar-refractivity contribution in [3.05, 3.63) is 60.2 Å². The van der Waals surface area contributed by atoms with Crippen molar-refractivity contribution in [2.45, 2.75) is 18.9 Å². The number of rotatable bonds is 5. The summed E-state index contributed by atoms with van der Waals surface area (Å²) < 4.78 is 5.75. The molecule has 2 aromatic carbocycles. The summed E-state index contributed by atoms with van der Waals surface area (Å²) in [5.74, 6) is 1.36. The summed E-state index contributed by atoms with van der Waals surface area (Å²) in [4.78, 5) is 12.2. The zero-order valence-electron chi connectivity index (χ0n) is 12.4. The Morgan fingerprint density at radius 2 is 1.95 bits per heavy atom. The first-order valence-corrected chi connectivity index (χ1v) is 7.66. The molecule has 0 aromatic heterocycles. The lowest BCUT2D eigenvalue weighted by molar-refractivity contribution is 0.0950. The van der Waals surface area contributed by atoms with E-state index in [0.717, 1.165) is 18.7 Å². The Bertz CT molecular complexity index is 622. The normalized spacial score (nSPS) is 17.2. The third-order valence-corrected chi connectivity index (χ3v) is 3.75. The van der Waals surface area contributed by atoms with Gasteiger partial charge >= 0.3 is 0 Å². The second kappa shape index (κ2) is 7.09. The quantitative estimate of drug-likeness (QED) is 0.892. The van der Waals surface area contributed by atoms with E-state index in [0.29, 0.717) is 23.9 Å². The molecule has 1 aliphatic heterocycles. The Labute approximate surface area is 130 Å². The second-order valence-electron chi connectivity index (χ2n) is 5.45. The third-order valence-electron chi connectivity index (χ3n) is 3.75. The Kier molecular flexibility index (Phi) is 4.71. The Hall–Kier alpha value is -2.33. The van der Waals surface area contributed by atoms with Crippen LogP contribution in [-0.4, -0.2) is 25.0 Å². The largest absolute Gasteiger partial charge is 0.457 e. The van der Waals surface area contributed by atoms with Gasteiger partial charge < -0.3 is 15.4 Å². The minimum atomic E-state index is -0.0628. The van der Waals surface area contributed by atoms with Crippen LogP contribution < -0.4 is 15.4 Å². The Morgan fingerprint density at radius 3 is 2.73 bits per heavy atom. The SMILES string of the molecule is O=C(NCC1CCCN1)c1cccc(Oc2ccccc2)c1. The predicted octanol–water partition coefficient (Wildman–Crippen LogP) is 2.96. The van der Waals surface area contributed by atoms with Crippen LogP contribution in [0.3, 0.4) is 0 Å². The number of benzene rings is 2. The number of hydrogen-bond acceptors (Lipinski definition) is 3. The molecule has 1 amide bonds. The molecule has 1 fully saturated rings. The molecule has 0 radical (unpaired) electrons. The average Bonchev–Trinajstić information content (AvgIpc) is 3.07. The molecule has 22 heavy (non-hydrogen) atoms. The fourth-order valence-electron chi connectivity index (χ4n) is 2.57. The first-order valence-electron chi connectivity index (χ1n) is 7.66. The van der Waals surface area contributed by atoms with E-state index in [1.54, 1.807) is 12.1 Å². The van der Waals surface area contributed by atoms with Crippen molar-refractivity contribution < 1.29 is 9.53 Å². The van der Waals surface area contributed by atoms with Gasteiger partial charge in [0.1, 0.15) is 11.5 Å². The van der Waals surface area contributed by atoms with E-state index in [9.17, 15) is 4.79 Å². The Morgan fingerprint density at radius 1 is 1.14 bits per heavy atom. The van der Waals surface area contributed by atoms with Crippen molar-refractivity contribution in [2.24, 2.45) is 0 Å². The molecule has 2 N–H and O–H groups in total. The van der Waals surface area contributed by atoms with Crippen LogP contribution >= 0.6 is 0 Å². The van der Waals surface area contributed by atoms with Gasteiger partial charge in [0.25, 0.3) is 5.91 Å². The molecule has 0 saturated carbocycles. The minimum Gasteiger partial charge on any atom is -0.457 e. The van der Waals surface area contributed by atoms with Gasteiger partial charge in [-0.3, -0.25) is 4.79 Å². The summed E-state index contributed by atoms with van der Waals surface area (Å²) in [7, 11) is 0. The highest BCUT2D eigenvalue weighted by molar-refractivity contribution is 5.94. The summed E-state index contributed by atoms with van der Waals surface area (Å²) in [5.41, 5.74) is 0.617. The number of para-hydroxylation sites is 1. The molecule has 1 saturated heterocycles. The molecular formula is C18H20N2O2. The summed E-state index contributed by atoms with van der Waals surface area (Å²) in [6, 6.07) is 17.2. The van der Waals surface area contributed by atoms with Crippen LogP contribution in [0.15, 0.2) is 54.6 Å². The van der Waals surface area contributed by atoms with E-state index < -0.39 is 0 Å². The number of carbonyl (C=O) groups is 1. The fraction of sp³-hybridized carbons (Fsp3) is 0.278. The van der Waals surface area contributed by atoms with Gasteiger partial charge in [-0.05, 0) is 49.7 Å². The van der Waals surface area contributed by atoms with Crippen LogP contribution in [0.1, 0.15) is 23.2 Å². The number of nitrogens with one attached hydrogen (secondary N) is 2. The number of hydrogen-bond donors (Lipinski definition) is 2. The minimum absolute atomic E-state index is 0.0628. The van der Waals surface area contributed by atoms with Crippen molar-refractivity contribution in [1.82, 2.24) is 10.6 Å². The molecule has 2 aromatic rings. The fourth-order valence-corrected chi connectivity index (χ4v) is 2.57. The maximum Gasteiger partial charge on any atom is 0.251 e. The highest BCUT2D eigenvalue weighted by Crippen LogP contribution is 2.21. The van der Waals surface area contributed by atoms with E-state index >= 15 is 0 Å². The highest BCUT2D eigenvalue weighted by atomic mass is 16.5. The zero-order valence-corrected chi connectivity index (χ0v) is 12.4. The van der Waals surface area contributed by atoms with Crippen molar-refractivity contribution >= 4 is 5.91 Å². The van der Waals surface area contributed by atoms with Gasteiger partial charge in [0.2, 0.25) is 0 Å². The lowest BCUT2D eigenvalue weighted by atomic mass is 10.2. The summed E-state index contributed by atoms with van der Waals surface area (Å²) in [6.45, 7) is 1.71. The van der Waals surface area contributed by atoms with E-state index in [-0.39, 0.29) is 5.91 Å². The third kappa shape index (κ3) is 3.86. The number of amides is 1. The molecule has 1 aliphatic rings. The van der Waals surface area contributed by atoms with Gasteiger partial charge in [0, 0.05) is 18.2 Å². The lowest BCUT2D eigenvalue weighted by Crippen LogP contribution is -2.37. The van der Waals surface area contributed by atoms with Crippen LogP contribution in [0, 0.1) is 0 Å². The van der Waals surface area contributed by atoms with Gasteiger partial charge in [-0.25, -0.2) is 0 Å². The van der Waals surface area contributed by atoms with E-state index in [2.05, 4.69) is 10.6 Å². The first-order chi connectivity index (χ1) is 10.8. The van der Waals surface area contributed by atoms with Crippen molar-refractivity contribution in [2.75, 3.05) is 13.1 Å². The molecule has 1 unspecified atom stereocenters. The van der Waals surface area contributed by atoms with Crippen LogP contribution in [0.2, 0.25) is 0 Å². The van der Waals surface area contributed by atoms with Crippen LogP contribution in [0.4, 0.5) is 0 Å². The summed E-state index contributed by atoms with van der Waals surface area (Å²) in [6.07, 6.45) is 2.30. The van der Waals surface area contributed by atoms with Crippen molar-refractivity contribution in [1.29, 1.82) is 0 Å². The average molecular weight is 296 g/mol. The number of carbonyl (C=O) groups excluding carboxylic acids is 1. The maximum atomic E-state index is 12.2. The van der Waals surface area contributed by atoms with E-state index in [1.165, 1.54) is 6.42 Å². The van der Waals surface area contributed by atoms with Gasteiger partial charge in [0.05, 0.1) is 0 Å². The van der Waals surface area contributed by atoms with E-state index in [1.807, 2.05) is 42.5 Å².